The Morgan fingerprint density at radius 2 is 2.29 bits per heavy atom. The van der Waals surface area contributed by atoms with Crippen molar-refractivity contribution in [1.82, 2.24) is 0 Å². The minimum atomic E-state index is -0.763. The van der Waals surface area contributed by atoms with Crippen molar-refractivity contribution in [2.45, 2.75) is 25.5 Å². The highest BCUT2D eigenvalue weighted by molar-refractivity contribution is 5.71. The van der Waals surface area contributed by atoms with Gasteiger partial charge in [0.25, 0.3) is 0 Å². The van der Waals surface area contributed by atoms with Gasteiger partial charge < -0.3 is 15.2 Å². The molecule has 0 amide bonds. The second-order valence-corrected chi connectivity index (χ2v) is 4.29. The summed E-state index contributed by atoms with van der Waals surface area (Å²) < 4.78 is 10.4. The molecule has 1 unspecified atom stereocenters. The third kappa shape index (κ3) is 2.48. The molecular weight excluding hydrogens is 218 g/mol. The lowest BCUT2D eigenvalue weighted by molar-refractivity contribution is -0.145. The first-order valence-electron chi connectivity index (χ1n) is 5.76. The zero-order valence-electron chi connectivity index (χ0n) is 9.94. The van der Waals surface area contributed by atoms with Crippen LogP contribution in [0.15, 0.2) is 24.3 Å². The Kier molecular flexibility index (Phi) is 3.45. The molecule has 0 saturated carbocycles. The number of fused-ring (bicyclic) bond motifs is 1. The molecule has 1 aromatic carbocycles. The quantitative estimate of drug-likeness (QED) is 0.803. The van der Waals surface area contributed by atoms with E-state index in [1.807, 2.05) is 24.3 Å². The van der Waals surface area contributed by atoms with Gasteiger partial charge in [-0.1, -0.05) is 24.3 Å². The summed E-state index contributed by atoms with van der Waals surface area (Å²) >= 11 is 0. The van der Waals surface area contributed by atoms with E-state index in [-0.39, 0.29) is 12.4 Å². The van der Waals surface area contributed by atoms with Gasteiger partial charge in [0.1, 0.15) is 0 Å². The molecule has 1 atom stereocenters. The minimum absolute atomic E-state index is 0.151. The Labute approximate surface area is 101 Å². The summed E-state index contributed by atoms with van der Waals surface area (Å²) in [5.41, 5.74) is 7.55. The highest BCUT2D eigenvalue weighted by Crippen LogP contribution is 2.31. The van der Waals surface area contributed by atoms with Crippen LogP contribution in [0.4, 0.5) is 0 Å². The summed E-state index contributed by atoms with van der Waals surface area (Å²) in [7, 11) is 0. The van der Waals surface area contributed by atoms with E-state index < -0.39 is 5.54 Å². The largest absolute Gasteiger partial charge is 0.466 e. The van der Waals surface area contributed by atoms with Gasteiger partial charge >= 0.3 is 5.97 Å². The normalized spacial score (nSPS) is 22.9. The lowest BCUT2D eigenvalue weighted by atomic mass is 9.84. The molecule has 0 saturated heterocycles. The molecule has 1 aromatic rings. The van der Waals surface area contributed by atoms with E-state index in [0.29, 0.717) is 19.8 Å². The molecule has 0 radical (unpaired) electrons. The molecule has 1 aliphatic heterocycles. The van der Waals surface area contributed by atoms with Crippen LogP contribution in [-0.4, -0.2) is 19.2 Å². The summed E-state index contributed by atoms with van der Waals surface area (Å²) in [5, 5.41) is 0. The van der Waals surface area contributed by atoms with Crippen molar-refractivity contribution in [1.29, 1.82) is 0 Å². The lowest BCUT2D eigenvalue weighted by Crippen LogP contribution is -2.46. The SMILES string of the molecule is CCOC(=O)CC1(N)COCc2ccccc21. The number of nitrogens with two attached hydrogens (primary N) is 1. The average molecular weight is 235 g/mol. The topological polar surface area (TPSA) is 61.5 Å². The summed E-state index contributed by atoms with van der Waals surface area (Å²) in [5.74, 6) is -0.282. The minimum Gasteiger partial charge on any atom is -0.466 e. The van der Waals surface area contributed by atoms with Gasteiger partial charge in [0.2, 0.25) is 0 Å². The number of carbonyl (C=O) groups excluding carboxylic acids is 1. The Morgan fingerprint density at radius 1 is 1.53 bits per heavy atom. The van der Waals surface area contributed by atoms with E-state index in [4.69, 9.17) is 15.2 Å². The maximum atomic E-state index is 11.6. The van der Waals surface area contributed by atoms with Gasteiger partial charge in [0.05, 0.1) is 31.8 Å². The predicted molar refractivity (Wildman–Crippen MR) is 63.2 cm³/mol. The molecule has 1 aliphatic rings. The van der Waals surface area contributed by atoms with Gasteiger partial charge in [-0.3, -0.25) is 4.79 Å². The van der Waals surface area contributed by atoms with Crippen LogP contribution in [0.5, 0.6) is 0 Å². The van der Waals surface area contributed by atoms with Crippen LogP contribution in [0.1, 0.15) is 24.5 Å². The number of carbonyl (C=O) groups is 1. The average Bonchev–Trinajstić information content (AvgIpc) is 2.29. The monoisotopic (exact) mass is 235 g/mol. The summed E-state index contributed by atoms with van der Waals surface area (Å²) in [6.07, 6.45) is 0.151. The molecule has 17 heavy (non-hydrogen) atoms. The molecule has 4 nitrogen and oxygen atoms in total. The Morgan fingerprint density at radius 3 is 3.06 bits per heavy atom. The fourth-order valence-electron chi connectivity index (χ4n) is 2.17. The Hall–Kier alpha value is -1.39. The molecule has 2 rings (SSSR count). The Balaban J connectivity index is 2.23. The van der Waals surface area contributed by atoms with Gasteiger partial charge in [-0.2, -0.15) is 0 Å². The predicted octanol–water partition coefficient (Wildman–Crippen LogP) is 1.32. The van der Waals surface area contributed by atoms with E-state index in [2.05, 4.69) is 0 Å². The first-order valence-corrected chi connectivity index (χ1v) is 5.76. The maximum Gasteiger partial charge on any atom is 0.308 e. The van der Waals surface area contributed by atoms with E-state index in [1.54, 1.807) is 6.92 Å². The van der Waals surface area contributed by atoms with Gasteiger partial charge in [-0.15, -0.1) is 0 Å². The van der Waals surface area contributed by atoms with Crippen molar-refractivity contribution < 1.29 is 14.3 Å². The van der Waals surface area contributed by atoms with Gasteiger partial charge in [-0.25, -0.2) is 0 Å². The first-order chi connectivity index (χ1) is 8.15. The molecule has 0 spiro atoms. The third-order valence-corrected chi connectivity index (χ3v) is 2.94. The number of hydrogen-bond donors (Lipinski definition) is 1. The molecule has 2 N–H and O–H groups in total. The zero-order chi connectivity index (χ0) is 12.3. The molecule has 4 heteroatoms. The molecular formula is C13H17NO3. The van der Waals surface area contributed by atoms with E-state index in [9.17, 15) is 4.79 Å². The van der Waals surface area contributed by atoms with Crippen molar-refractivity contribution in [2.24, 2.45) is 5.73 Å². The molecule has 0 aliphatic carbocycles. The van der Waals surface area contributed by atoms with Crippen LogP contribution in [0.3, 0.4) is 0 Å². The van der Waals surface area contributed by atoms with Crippen molar-refractivity contribution in [2.75, 3.05) is 13.2 Å². The van der Waals surface area contributed by atoms with Gasteiger partial charge in [0.15, 0.2) is 0 Å². The number of hydrogen-bond acceptors (Lipinski definition) is 4. The smallest absolute Gasteiger partial charge is 0.308 e. The first kappa shape index (κ1) is 12.1. The molecule has 0 bridgehead atoms. The number of esters is 1. The van der Waals surface area contributed by atoms with Crippen LogP contribution < -0.4 is 5.73 Å². The van der Waals surface area contributed by atoms with Crippen LogP contribution in [0, 0.1) is 0 Å². The van der Waals surface area contributed by atoms with Crippen molar-refractivity contribution in [3.63, 3.8) is 0 Å². The van der Waals surface area contributed by atoms with E-state index in [0.717, 1.165) is 11.1 Å². The lowest BCUT2D eigenvalue weighted by Gasteiger charge is -2.34. The third-order valence-electron chi connectivity index (χ3n) is 2.94. The molecule has 1 heterocycles. The van der Waals surface area contributed by atoms with Crippen LogP contribution in [0.2, 0.25) is 0 Å². The van der Waals surface area contributed by atoms with Crippen molar-refractivity contribution in [3.05, 3.63) is 35.4 Å². The molecule has 92 valence electrons. The molecule has 0 fully saturated rings. The standard InChI is InChI=1S/C13H17NO3/c1-2-17-12(15)7-13(14)9-16-8-10-5-3-4-6-11(10)13/h3-6H,2,7-9,14H2,1H3. The highest BCUT2D eigenvalue weighted by Gasteiger charge is 2.36. The van der Waals surface area contributed by atoms with Crippen LogP contribution in [0.25, 0.3) is 0 Å². The fourth-order valence-corrected chi connectivity index (χ4v) is 2.17. The second-order valence-electron chi connectivity index (χ2n) is 4.29. The maximum absolute atomic E-state index is 11.6. The van der Waals surface area contributed by atoms with Crippen LogP contribution >= 0.6 is 0 Å². The fraction of sp³-hybridized carbons (Fsp3) is 0.462. The second kappa shape index (κ2) is 4.85. The van der Waals surface area contributed by atoms with Gasteiger partial charge in [-0.05, 0) is 18.1 Å². The zero-order valence-corrected chi connectivity index (χ0v) is 9.94. The van der Waals surface area contributed by atoms with E-state index in [1.165, 1.54) is 0 Å². The molecule has 0 aromatic heterocycles. The summed E-state index contributed by atoms with van der Waals surface area (Å²) in [6.45, 7) is 3.06. The van der Waals surface area contributed by atoms with Crippen LogP contribution in [-0.2, 0) is 26.4 Å². The van der Waals surface area contributed by atoms with Gasteiger partial charge in [0, 0.05) is 0 Å². The van der Waals surface area contributed by atoms with E-state index >= 15 is 0 Å². The number of rotatable bonds is 3. The Bertz CT molecular complexity index is 419. The van der Waals surface area contributed by atoms with Crippen molar-refractivity contribution >= 4 is 5.97 Å². The van der Waals surface area contributed by atoms with Crippen molar-refractivity contribution in [3.8, 4) is 0 Å². The summed E-state index contributed by atoms with van der Waals surface area (Å²) in [6, 6.07) is 7.80. The number of ether oxygens (including phenoxy) is 2. The summed E-state index contributed by atoms with van der Waals surface area (Å²) in [4.78, 5) is 11.6. The highest BCUT2D eigenvalue weighted by atomic mass is 16.5. The number of benzene rings is 1.